The van der Waals surface area contributed by atoms with E-state index in [1.807, 2.05) is 72.2 Å². The number of nitrogens with zero attached hydrogens (tertiary/aromatic N) is 2. The monoisotopic (exact) mass is 660 g/mol. The highest BCUT2D eigenvalue weighted by Crippen LogP contribution is 2.21. The lowest BCUT2D eigenvalue weighted by Gasteiger charge is -2.22. The van der Waals surface area contributed by atoms with E-state index in [-0.39, 0.29) is 23.4 Å². The Kier molecular flexibility index (Phi) is 16.2. The Morgan fingerprint density at radius 3 is 1.38 bits per heavy atom. The number of amides is 2. The van der Waals surface area contributed by atoms with Crippen molar-refractivity contribution in [3.63, 3.8) is 0 Å². The maximum Gasteiger partial charge on any atom is 0.222 e. The highest BCUT2D eigenvalue weighted by Gasteiger charge is 2.20. The zero-order valence-electron chi connectivity index (χ0n) is 29.0. The lowest BCUT2D eigenvalue weighted by Crippen LogP contribution is -2.31. The van der Waals surface area contributed by atoms with E-state index in [0.717, 1.165) is 61.2 Å². The van der Waals surface area contributed by atoms with Gasteiger partial charge in [0.25, 0.3) is 0 Å². The van der Waals surface area contributed by atoms with Crippen LogP contribution in [-0.4, -0.2) is 73.6 Å². The molecule has 0 unspecified atom stereocenters. The number of carbonyl (C=O) groups is 4. The van der Waals surface area contributed by atoms with Gasteiger partial charge in [0.15, 0.2) is 0 Å². The van der Waals surface area contributed by atoms with Gasteiger partial charge in [0.1, 0.15) is 11.5 Å². The Bertz CT molecular complexity index is 1330. The molecule has 0 atom stereocenters. The number of hydrogen-bond acceptors (Lipinski definition) is 8. The quantitative estimate of drug-likeness (QED) is 0.129. The predicted octanol–water partition coefficient (Wildman–Crippen LogP) is 5.32. The summed E-state index contributed by atoms with van der Waals surface area (Å²) in [5.74, 6) is 1.30. The molecule has 2 N–H and O–H groups in total. The predicted molar refractivity (Wildman–Crippen MR) is 187 cm³/mol. The molecule has 2 aromatic carbocycles. The van der Waals surface area contributed by atoms with Crippen LogP contribution in [-0.2, 0) is 32.3 Å². The molecule has 2 amide bonds. The molecule has 1 aliphatic rings. The van der Waals surface area contributed by atoms with Gasteiger partial charge in [-0.3, -0.25) is 19.2 Å². The fourth-order valence-electron chi connectivity index (χ4n) is 5.59. The van der Waals surface area contributed by atoms with Crippen LogP contribution in [0.5, 0.6) is 11.5 Å². The van der Waals surface area contributed by atoms with Gasteiger partial charge in [-0.05, 0) is 51.7 Å². The van der Waals surface area contributed by atoms with Crippen molar-refractivity contribution in [2.24, 2.45) is 0 Å². The number of unbranched alkanes of at least 4 members (excludes halogenated alkanes) is 4. The van der Waals surface area contributed by atoms with E-state index in [0.29, 0.717) is 63.5 Å². The van der Waals surface area contributed by atoms with Gasteiger partial charge in [-0.1, -0.05) is 49.2 Å². The number of carbonyl (C=O) groups excluding carboxylic acids is 4. The molecule has 0 saturated carbocycles. The Morgan fingerprint density at radius 1 is 0.604 bits per heavy atom. The first kappa shape index (κ1) is 37.9. The summed E-state index contributed by atoms with van der Waals surface area (Å²) in [6.45, 7) is 7.31. The zero-order chi connectivity index (χ0) is 34.7. The number of benzene rings is 2. The molecule has 0 radical (unpaired) electrons. The van der Waals surface area contributed by atoms with Crippen molar-refractivity contribution in [3.8, 4) is 11.5 Å². The Morgan fingerprint density at radius 2 is 1.00 bits per heavy atom. The third-order valence-electron chi connectivity index (χ3n) is 8.42. The number of para-hydroxylation sites is 2. The van der Waals surface area contributed by atoms with E-state index in [9.17, 15) is 19.2 Å². The number of allylic oxidation sites excluding steroid dienone is 2. The summed E-state index contributed by atoms with van der Waals surface area (Å²) in [6.07, 6.45) is 8.32. The second-order valence-corrected chi connectivity index (χ2v) is 11.8. The average Bonchev–Trinajstić information content (AvgIpc) is 3.10. The van der Waals surface area contributed by atoms with Gasteiger partial charge in [0.05, 0.1) is 25.6 Å². The number of rotatable bonds is 22. The number of ether oxygens (including phenoxy) is 2. The highest BCUT2D eigenvalue weighted by atomic mass is 16.5. The topological polar surface area (TPSA) is 117 Å². The van der Waals surface area contributed by atoms with Gasteiger partial charge in [0, 0.05) is 75.4 Å². The molecule has 48 heavy (non-hydrogen) atoms. The van der Waals surface area contributed by atoms with Gasteiger partial charge in [-0.2, -0.15) is 0 Å². The molecule has 10 heteroatoms. The van der Waals surface area contributed by atoms with E-state index in [2.05, 4.69) is 10.6 Å². The van der Waals surface area contributed by atoms with Crippen molar-refractivity contribution in [2.45, 2.75) is 78.3 Å². The SMILES string of the molecule is CCN(Cc1ccccc1OC)C(=O)CCCCCNC1=CC(=O)C(NCCCCCC(=O)N(CC)Cc2ccccc2OC)=CC1=O. The molecule has 2 aromatic rings. The summed E-state index contributed by atoms with van der Waals surface area (Å²) in [7, 11) is 3.26. The molecular formula is C38H52N4O6. The second-order valence-electron chi connectivity index (χ2n) is 11.8. The molecule has 3 rings (SSSR count). The van der Waals surface area contributed by atoms with E-state index in [1.165, 1.54) is 12.2 Å². The van der Waals surface area contributed by atoms with Gasteiger partial charge in [0.2, 0.25) is 23.4 Å². The van der Waals surface area contributed by atoms with Crippen LogP contribution >= 0.6 is 0 Å². The molecular weight excluding hydrogens is 608 g/mol. The minimum Gasteiger partial charge on any atom is -0.496 e. The molecule has 10 nitrogen and oxygen atoms in total. The molecule has 0 aliphatic heterocycles. The van der Waals surface area contributed by atoms with Crippen LogP contribution in [0.25, 0.3) is 0 Å². The van der Waals surface area contributed by atoms with Crippen LogP contribution in [0.2, 0.25) is 0 Å². The van der Waals surface area contributed by atoms with Crippen LogP contribution in [0.15, 0.2) is 72.1 Å². The van der Waals surface area contributed by atoms with E-state index in [4.69, 9.17) is 9.47 Å². The Labute approximate surface area is 285 Å². The van der Waals surface area contributed by atoms with E-state index in [1.54, 1.807) is 14.2 Å². The molecule has 0 heterocycles. The summed E-state index contributed by atoms with van der Waals surface area (Å²) in [4.78, 5) is 54.5. The maximum absolute atomic E-state index is 12.8. The van der Waals surface area contributed by atoms with Crippen molar-refractivity contribution < 1.29 is 28.7 Å². The first-order chi connectivity index (χ1) is 23.3. The number of hydrogen-bond donors (Lipinski definition) is 2. The third-order valence-corrected chi connectivity index (χ3v) is 8.42. The summed E-state index contributed by atoms with van der Waals surface area (Å²) >= 11 is 0. The van der Waals surface area contributed by atoms with Crippen LogP contribution in [0.4, 0.5) is 0 Å². The first-order valence-electron chi connectivity index (χ1n) is 17.1. The Hall–Kier alpha value is -4.60. The van der Waals surface area contributed by atoms with Crippen LogP contribution in [0.3, 0.4) is 0 Å². The smallest absolute Gasteiger partial charge is 0.222 e. The summed E-state index contributed by atoms with van der Waals surface area (Å²) in [5.41, 5.74) is 2.55. The van der Waals surface area contributed by atoms with E-state index >= 15 is 0 Å². The molecule has 1 aliphatic carbocycles. The molecule has 260 valence electrons. The minimum atomic E-state index is -0.234. The fraction of sp³-hybridized carbons (Fsp3) is 0.474. The summed E-state index contributed by atoms with van der Waals surface area (Å²) in [6, 6.07) is 15.4. The van der Waals surface area contributed by atoms with Gasteiger partial charge < -0.3 is 29.9 Å². The second kappa shape index (κ2) is 20.6. The normalized spacial score (nSPS) is 12.6. The molecule has 0 saturated heterocycles. The average molecular weight is 661 g/mol. The highest BCUT2D eigenvalue weighted by molar-refractivity contribution is 6.19. The number of ketones is 2. The lowest BCUT2D eigenvalue weighted by atomic mass is 10.1. The molecule has 0 spiro atoms. The van der Waals surface area contributed by atoms with Crippen molar-refractivity contribution in [1.82, 2.24) is 20.4 Å². The number of methoxy groups -OCH3 is 2. The largest absolute Gasteiger partial charge is 0.496 e. The first-order valence-corrected chi connectivity index (χ1v) is 17.1. The van der Waals surface area contributed by atoms with Crippen molar-refractivity contribution in [2.75, 3.05) is 40.4 Å². The van der Waals surface area contributed by atoms with Gasteiger partial charge >= 0.3 is 0 Å². The zero-order valence-corrected chi connectivity index (χ0v) is 29.0. The summed E-state index contributed by atoms with van der Waals surface area (Å²) in [5, 5.41) is 6.17. The van der Waals surface area contributed by atoms with Crippen molar-refractivity contribution >= 4 is 23.4 Å². The van der Waals surface area contributed by atoms with Crippen LogP contribution in [0.1, 0.15) is 76.3 Å². The lowest BCUT2D eigenvalue weighted by molar-refractivity contribution is -0.132. The van der Waals surface area contributed by atoms with Gasteiger partial charge in [-0.15, -0.1) is 0 Å². The van der Waals surface area contributed by atoms with E-state index < -0.39 is 0 Å². The van der Waals surface area contributed by atoms with Gasteiger partial charge in [-0.25, -0.2) is 0 Å². The van der Waals surface area contributed by atoms with Crippen molar-refractivity contribution in [3.05, 3.63) is 83.2 Å². The fourth-order valence-corrected chi connectivity index (χ4v) is 5.59. The minimum absolute atomic E-state index is 0.106. The van der Waals surface area contributed by atoms with Crippen LogP contribution in [0, 0.1) is 0 Å². The van der Waals surface area contributed by atoms with Crippen molar-refractivity contribution in [1.29, 1.82) is 0 Å². The van der Waals surface area contributed by atoms with Crippen LogP contribution < -0.4 is 20.1 Å². The maximum atomic E-state index is 12.8. The standard InChI is InChI=1S/C38H52N4O6/c1-5-41(27-29-17-11-13-19-35(29)47-3)37(45)21-9-7-15-23-39-31-25-34(44)32(26-33(31)43)40-24-16-8-10-22-38(46)42(6-2)28-30-18-12-14-20-36(30)48-4/h11-14,17-20,25-26,39-40H,5-10,15-16,21-24,27-28H2,1-4H3. The molecule has 0 fully saturated rings. The Balaban J connectivity index is 1.28. The third kappa shape index (κ3) is 11.9. The molecule has 0 bridgehead atoms. The number of nitrogens with one attached hydrogen (secondary N) is 2. The summed E-state index contributed by atoms with van der Waals surface area (Å²) < 4.78 is 10.8. The molecule has 0 aromatic heterocycles.